The molecule has 0 saturated heterocycles. The van der Waals surface area contributed by atoms with Crippen LogP contribution in [0.5, 0.6) is 0 Å². The Kier molecular flexibility index (Phi) is 6.47. The first-order valence-corrected chi connectivity index (χ1v) is 5.22. The SMILES string of the molecule is CCOS(=O)(=O)c1ccc(N)cc1.[K]. The van der Waals surface area contributed by atoms with E-state index in [1.165, 1.54) is 24.3 Å². The molecule has 4 nitrogen and oxygen atoms in total. The van der Waals surface area contributed by atoms with Crippen molar-refractivity contribution in [2.45, 2.75) is 11.8 Å². The molecule has 6 heteroatoms. The summed E-state index contributed by atoms with van der Waals surface area (Å²) in [7, 11) is -3.58. The van der Waals surface area contributed by atoms with E-state index in [-0.39, 0.29) is 62.9 Å². The molecule has 0 fully saturated rings. The van der Waals surface area contributed by atoms with Crippen LogP contribution in [-0.2, 0) is 14.3 Å². The largest absolute Gasteiger partial charge is 0.399 e. The molecule has 1 radical (unpaired) electrons. The Labute approximate surface area is 126 Å². The number of rotatable bonds is 3. The van der Waals surface area contributed by atoms with Gasteiger partial charge in [0, 0.05) is 57.1 Å². The summed E-state index contributed by atoms with van der Waals surface area (Å²) in [5.74, 6) is 0. The smallest absolute Gasteiger partial charge is 0.296 e. The van der Waals surface area contributed by atoms with E-state index in [4.69, 9.17) is 5.73 Å². The molecule has 0 spiro atoms. The summed E-state index contributed by atoms with van der Waals surface area (Å²) in [5, 5.41) is 0. The molecule has 0 atom stereocenters. The topological polar surface area (TPSA) is 69.4 Å². The van der Waals surface area contributed by atoms with Gasteiger partial charge in [-0.25, -0.2) is 0 Å². The summed E-state index contributed by atoms with van der Waals surface area (Å²) in [6, 6.07) is 5.87. The standard InChI is InChI=1S/C8H11NO3S.K/c1-2-12-13(10,11)8-5-3-7(9)4-6-8;/h3-6H,2,9H2,1H3;. The first-order chi connectivity index (χ1) is 6.06. The first-order valence-electron chi connectivity index (χ1n) is 3.81. The molecule has 0 aromatic heterocycles. The van der Waals surface area contributed by atoms with E-state index in [9.17, 15) is 8.42 Å². The summed E-state index contributed by atoms with van der Waals surface area (Å²) in [6.45, 7) is 1.75. The van der Waals surface area contributed by atoms with Gasteiger partial charge in [0.1, 0.15) is 0 Å². The fourth-order valence-electron chi connectivity index (χ4n) is 0.858. The minimum Gasteiger partial charge on any atom is -0.399 e. The second-order valence-electron chi connectivity index (χ2n) is 2.43. The van der Waals surface area contributed by atoms with Crippen LogP contribution in [0.15, 0.2) is 29.2 Å². The zero-order valence-corrected chi connectivity index (χ0v) is 12.2. The van der Waals surface area contributed by atoms with Gasteiger partial charge in [-0.2, -0.15) is 8.42 Å². The maximum absolute atomic E-state index is 11.3. The van der Waals surface area contributed by atoms with Crippen LogP contribution in [0, 0.1) is 0 Å². The van der Waals surface area contributed by atoms with Crippen molar-refractivity contribution < 1.29 is 12.6 Å². The summed E-state index contributed by atoms with van der Waals surface area (Å²) < 4.78 is 27.1. The predicted molar refractivity (Wildman–Crippen MR) is 55.4 cm³/mol. The maximum Gasteiger partial charge on any atom is 0.296 e. The third-order valence-corrected chi connectivity index (χ3v) is 2.84. The Morgan fingerprint density at radius 2 is 1.79 bits per heavy atom. The second-order valence-corrected chi connectivity index (χ2v) is 4.05. The van der Waals surface area contributed by atoms with Gasteiger partial charge >= 0.3 is 0 Å². The Bertz CT molecular complexity index is 374. The average Bonchev–Trinajstić information content (AvgIpc) is 2.05. The van der Waals surface area contributed by atoms with Crippen molar-refractivity contribution in [3.63, 3.8) is 0 Å². The number of benzene rings is 1. The summed E-state index contributed by atoms with van der Waals surface area (Å²) in [5.41, 5.74) is 5.93. The Morgan fingerprint density at radius 3 is 2.21 bits per heavy atom. The van der Waals surface area contributed by atoms with Gasteiger partial charge in [-0.15, -0.1) is 0 Å². The van der Waals surface area contributed by atoms with Crippen LogP contribution in [0.1, 0.15) is 6.92 Å². The molecule has 14 heavy (non-hydrogen) atoms. The van der Waals surface area contributed by atoms with Crippen LogP contribution >= 0.6 is 0 Å². The van der Waals surface area contributed by atoms with E-state index in [1.807, 2.05) is 0 Å². The van der Waals surface area contributed by atoms with Crippen LogP contribution < -0.4 is 5.73 Å². The zero-order chi connectivity index (χ0) is 9.90. The van der Waals surface area contributed by atoms with Crippen LogP contribution in [0.2, 0.25) is 0 Å². The third-order valence-electron chi connectivity index (χ3n) is 1.44. The van der Waals surface area contributed by atoms with E-state index in [0.29, 0.717) is 5.69 Å². The number of nitrogen functional groups attached to an aromatic ring is 1. The molecule has 0 aliphatic heterocycles. The van der Waals surface area contributed by atoms with Crippen molar-refractivity contribution in [2.75, 3.05) is 12.3 Å². The van der Waals surface area contributed by atoms with Gasteiger partial charge in [0.05, 0.1) is 11.5 Å². The van der Waals surface area contributed by atoms with Crippen molar-refractivity contribution >= 4 is 67.2 Å². The van der Waals surface area contributed by atoms with E-state index in [2.05, 4.69) is 4.18 Å². The molecule has 0 heterocycles. The van der Waals surface area contributed by atoms with Crippen LogP contribution in [-0.4, -0.2) is 66.4 Å². The fraction of sp³-hybridized carbons (Fsp3) is 0.250. The van der Waals surface area contributed by atoms with E-state index in [1.54, 1.807) is 6.92 Å². The van der Waals surface area contributed by atoms with Crippen LogP contribution in [0.25, 0.3) is 0 Å². The van der Waals surface area contributed by atoms with Gasteiger partial charge in [-0.3, -0.25) is 4.18 Å². The Balaban J connectivity index is 0.00000169. The summed E-state index contributed by atoms with van der Waals surface area (Å²) in [6.07, 6.45) is 0. The Morgan fingerprint density at radius 1 is 1.29 bits per heavy atom. The van der Waals surface area contributed by atoms with Crippen molar-refractivity contribution in [1.82, 2.24) is 0 Å². The van der Waals surface area contributed by atoms with Crippen molar-refractivity contribution in [3.05, 3.63) is 24.3 Å². The van der Waals surface area contributed by atoms with Gasteiger partial charge in [0.15, 0.2) is 0 Å². The van der Waals surface area contributed by atoms with Gasteiger partial charge < -0.3 is 5.73 Å². The van der Waals surface area contributed by atoms with E-state index < -0.39 is 10.1 Å². The third kappa shape index (κ3) is 3.97. The summed E-state index contributed by atoms with van der Waals surface area (Å²) in [4.78, 5) is 0.128. The fourth-order valence-corrected chi connectivity index (χ4v) is 1.77. The Hall–Kier alpha value is 0.566. The number of hydrogen-bond donors (Lipinski definition) is 1. The number of hydrogen-bond acceptors (Lipinski definition) is 4. The molecule has 0 aliphatic rings. The first kappa shape index (κ1) is 14.6. The van der Waals surface area contributed by atoms with Gasteiger partial charge in [0.25, 0.3) is 10.1 Å². The van der Waals surface area contributed by atoms with Gasteiger partial charge in [-0.05, 0) is 31.2 Å². The molecular weight excluding hydrogens is 229 g/mol. The van der Waals surface area contributed by atoms with Gasteiger partial charge in [-0.1, -0.05) is 0 Å². The number of nitrogens with two attached hydrogens (primary N) is 1. The monoisotopic (exact) mass is 240 g/mol. The molecule has 0 saturated carbocycles. The van der Waals surface area contributed by atoms with E-state index in [0.717, 1.165) is 0 Å². The molecule has 0 unspecified atom stereocenters. The predicted octanol–water partition coefficient (Wildman–Crippen LogP) is 0.613. The summed E-state index contributed by atoms with van der Waals surface area (Å²) >= 11 is 0. The van der Waals surface area contributed by atoms with Crippen LogP contribution in [0.4, 0.5) is 5.69 Å². The molecule has 2 N–H and O–H groups in total. The quantitative estimate of drug-likeness (QED) is 0.477. The molecule has 1 aromatic carbocycles. The van der Waals surface area contributed by atoms with Crippen molar-refractivity contribution in [3.8, 4) is 0 Å². The maximum atomic E-state index is 11.3. The average molecular weight is 240 g/mol. The normalized spacial score (nSPS) is 10.6. The second kappa shape index (κ2) is 6.21. The zero-order valence-electron chi connectivity index (χ0n) is 8.23. The molecule has 1 aromatic rings. The molecule has 73 valence electrons. The molecule has 0 aliphatic carbocycles. The van der Waals surface area contributed by atoms with Gasteiger partial charge in [0.2, 0.25) is 0 Å². The minimum atomic E-state index is -3.58. The molecular formula is C8H11KNO3S. The molecule has 1 rings (SSSR count). The number of anilines is 1. The van der Waals surface area contributed by atoms with Crippen LogP contribution in [0.3, 0.4) is 0 Å². The van der Waals surface area contributed by atoms with E-state index >= 15 is 0 Å². The molecule has 0 bridgehead atoms. The minimum absolute atomic E-state index is 0. The van der Waals surface area contributed by atoms with Crippen molar-refractivity contribution in [2.24, 2.45) is 0 Å². The molecule has 0 amide bonds. The van der Waals surface area contributed by atoms with Crippen molar-refractivity contribution in [1.29, 1.82) is 0 Å².